The predicted octanol–water partition coefficient (Wildman–Crippen LogP) is 3.78. The van der Waals surface area contributed by atoms with Crippen LogP contribution in [0.2, 0.25) is 10.0 Å². The van der Waals surface area contributed by atoms with Crippen molar-refractivity contribution in [3.05, 3.63) is 58.2 Å². The zero-order valence-corrected chi connectivity index (χ0v) is 14.6. The van der Waals surface area contributed by atoms with Crippen LogP contribution < -0.4 is 21.9 Å². The number of rotatable bonds is 4. The summed E-state index contributed by atoms with van der Waals surface area (Å²) in [4.78, 5) is 8.28. The molecule has 0 spiro atoms. The maximum atomic E-state index is 6.11. The van der Waals surface area contributed by atoms with Gasteiger partial charge in [0.1, 0.15) is 18.2 Å². The number of nitrogen functional groups attached to an aromatic ring is 3. The average Bonchev–Trinajstić information content (AvgIpc) is 2.55. The predicted molar refractivity (Wildman–Crippen MR) is 101 cm³/mol. The Balaban J connectivity index is 1.99. The standard InChI is InChI=1S/C17H15Cl2N5O/c18-12-5-4-9(6-13(12)19)15-14(23-17(22)24-16(15)21)8-25-11-3-1-2-10(20)7-11/h1-7H,8,20H2,(H4,21,22,23,24). The van der Waals surface area contributed by atoms with Crippen molar-refractivity contribution >= 4 is 40.7 Å². The highest BCUT2D eigenvalue weighted by atomic mass is 35.5. The molecular formula is C17H15Cl2N5O. The van der Waals surface area contributed by atoms with Gasteiger partial charge < -0.3 is 21.9 Å². The van der Waals surface area contributed by atoms with E-state index in [2.05, 4.69) is 9.97 Å². The summed E-state index contributed by atoms with van der Waals surface area (Å²) in [7, 11) is 0. The lowest BCUT2D eigenvalue weighted by molar-refractivity contribution is 0.302. The molecule has 0 bridgehead atoms. The Bertz CT molecular complexity index is 933. The highest BCUT2D eigenvalue weighted by molar-refractivity contribution is 6.42. The van der Waals surface area contributed by atoms with Crippen LogP contribution in [0.25, 0.3) is 11.1 Å². The minimum Gasteiger partial charge on any atom is -0.487 e. The van der Waals surface area contributed by atoms with Crippen molar-refractivity contribution in [1.82, 2.24) is 9.97 Å². The Morgan fingerprint density at radius 3 is 2.44 bits per heavy atom. The number of hydrogen-bond donors (Lipinski definition) is 3. The summed E-state index contributed by atoms with van der Waals surface area (Å²) in [5, 5.41) is 0.844. The summed E-state index contributed by atoms with van der Waals surface area (Å²) in [6.07, 6.45) is 0. The first-order valence-corrected chi connectivity index (χ1v) is 8.05. The molecule has 0 saturated carbocycles. The van der Waals surface area contributed by atoms with E-state index in [1.54, 1.807) is 42.5 Å². The van der Waals surface area contributed by atoms with E-state index in [0.29, 0.717) is 32.7 Å². The largest absolute Gasteiger partial charge is 0.487 e. The van der Waals surface area contributed by atoms with Crippen LogP contribution in [0.5, 0.6) is 5.75 Å². The van der Waals surface area contributed by atoms with Gasteiger partial charge in [-0.15, -0.1) is 0 Å². The summed E-state index contributed by atoms with van der Waals surface area (Å²) < 4.78 is 5.76. The fourth-order valence-corrected chi connectivity index (χ4v) is 2.67. The normalized spacial score (nSPS) is 10.6. The van der Waals surface area contributed by atoms with Gasteiger partial charge in [0.15, 0.2) is 0 Å². The lowest BCUT2D eigenvalue weighted by Crippen LogP contribution is -2.09. The van der Waals surface area contributed by atoms with Crippen LogP contribution in [0, 0.1) is 0 Å². The number of nitrogens with two attached hydrogens (primary N) is 3. The lowest BCUT2D eigenvalue weighted by atomic mass is 10.0. The second-order valence-corrected chi connectivity index (χ2v) is 6.09. The van der Waals surface area contributed by atoms with Gasteiger partial charge in [-0.3, -0.25) is 0 Å². The number of anilines is 3. The molecule has 0 radical (unpaired) electrons. The molecule has 1 aromatic heterocycles. The molecule has 128 valence electrons. The fraction of sp³-hybridized carbons (Fsp3) is 0.0588. The molecule has 25 heavy (non-hydrogen) atoms. The molecule has 0 fully saturated rings. The summed E-state index contributed by atoms with van der Waals surface area (Å²) >= 11 is 12.1. The van der Waals surface area contributed by atoms with E-state index in [9.17, 15) is 0 Å². The number of hydrogen-bond acceptors (Lipinski definition) is 6. The van der Waals surface area contributed by atoms with Gasteiger partial charge >= 0.3 is 0 Å². The number of nitrogens with zero attached hydrogens (tertiary/aromatic N) is 2. The van der Waals surface area contributed by atoms with Crippen LogP contribution in [0.3, 0.4) is 0 Å². The highest BCUT2D eigenvalue weighted by Crippen LogP contribution is 2.33. The van der Waals surface area contributed by atoms with E-state index in [4.69, 9.17) is 45.1 Å². The van der Waals surface area contributed by atoms with Crippen LogP contribution in [-0.4, -0.2) is 9.97 Å². The molecule has 3 aromatic rings. The molecule has 0 saturated heterocycles. The molecule has 0 aliphatic rings. The van der Waals surface area contributed by atoms with Gasteiger partial charge in [0, 0.05) is 17.3 Å². The summed E-state index contributed by atoms with van der Waals surface area (Å²) in [6, 6.07) is 12.2. The molecule has 0 amide bonds. The van der Waals surface area contributed by atoms with Crippen molar-refractivity contribution in [3.8, 4) is 16.9 Å². The van der Waals surface area contributed by atoms with Crippen molar-refractivity contribution < 1.29 is 4.74 Å². The highest BCUT2D eigenvalue weighted by Gasteiger charge is 2.15. The van der Waals surface area contributed by atoms with E-state index in [1.165, 1.54) is 0 Å². The summed E-state index contributed by atoms with van der Waals surface area (Å²) in [6.45, 7) is 0.135. The van der Waals surface area contributed by atoms with Crippen molar-refractivity contribution in [2.75, 3.05) is 17.2 Å². The number of halogens is 2. The molecule has 3 rings (SSSR count). The summed E-state index contributed by atoms with van der Waals surface area (Å²) in [5.74, 6) is 0.903. The van der Waals surface area contributed by atoms with Gasteiger partial charge in [-0.25, -0.2) is 4.98 Å². The third-order valence-corrected chi connectivity index (χ3v) is 4.21. The van der Waals surface area contributed by atoms with Crippen LogP contribution in [-0.2, 0) is 6.61 Å². The molecule has 0 aliphatic heterocycles. The molecule has 2 aromatic carbocycles. The van der Waals surface area contributed by atoms with Gasteiger partial charge in [0.05, 0.1) is 15.7 Å². The molecule has 1 heterocycles. The molecule has 0 atom stereocenters. The number of benzene rings is 2. The lowest BCUT2D eigenvalue weighted by Gasteiger charge is -2.14. The van der Waals surface area contributed by atoms with E-state index < -0.39 is 0 Å². The van der Waals surface area contributed by atoms with Gasteiger partial charge in [-0.2, -0.15) is 4.98 Å². The Morgan fingerprint density at radius 2 is 1.72 bits per heavy atom. The first-order chi connectivity index (χ1) is 11.9. The molecule has 6 nitrogen and oxygen atoms in total. The first-order valence-electron chi connectivity index (χ1n) is 7.29. The second-order valence-electron chi connectivity index (χ2n) is 5.28. The first kappa shape index (κ1) is 17.1. The number of ether oxygens (including phenoxy) is 1. The van der Waals surface area contributed by atoms with Crippen LogP contribution in [0.1, 0.15) is 5.69 Å². The Labute approximate surface area is 154 Å². The zero-order chi connectivity index (χ0) is 18.0. The minimum atomic E-state index is 0.0625. The van der Waals surface area contributed by atoms with Crippen LogP contribution in [0.4, 0.5) is 17.5 Å². The van der Waals surface area contributed by atoms with Gasteiger partial charge in [0.2, 0.25) is 5.95 Å². The Morgan fingerprint density at radius 1 is 0.920 bits per heavy atom. The smallest absolute Gasteiger partial charge is 0.222 e. The third-order valence-electron chi connectivity index (χ3n) is 3.47. The quantitative estimate of drug-likeness (QED) is 0.598. The maximum Gasteiger partial charge on any atom is 0.222 e. The SMILES string of the molecule is Nc1cccc(OCc2nc(N)nc(N)c2-c2ccc(Cl)c(Cl)c2)c1. The van der Waals surface area contributed by atoms with Gasteiger partial charge in [-0.1, -0.05) is 35.3 Å². The molecule has 6 N–H and O–H groups in total. The minimum absolute atomic E-state index is 0.0625. The third kappa shape index (κ3) is 3.87. The zero-order valence-electron chi connectivity index (χ0n) is 13.0. The molecule has 8 heteroatoms. The van der Waals surface area contributed by atoms with Crippen LogP contribution >= 0.6 is 23.2 Å². The van der Waals surface area contributed by atoms with E-state index >= 15 is 0 Å². The monoisotopic (exact) mass is 375 g/mol. The van der Waals surface area contributed by atoms with Gasteiger partial charge in [-0.05, 0) is 29.8 Å². The van der Waals surface area contributed by atoms with Crippen LogP contribution in [0.15, 0.2) is 42.5 Å². The second kappa shape index (κ2) is 7.04. The summed E-state index contributed by atoms with van der Waals surface area (Å²) in [5.41, 5.74) is 20.0. The number of aromatic nitrogens is 2. The molecule has 0 unspecified atom stereocenters. The Kier molecular flexibility index (Phi) is 4.83. The fourth-order valence-electron chi connectivity index (χ4n) is 2.37. The van der Waals surface area contributed by atoms with Crippen molar-refractivity contribution in [1.29, 1.82) is 0 Å². The molecule has 0 aliphatic carbocycles. The topological polar surface area (TPSA) is 113 Å². The van der Waals surface area contributed by atoms with Crippen molar-refractivity contribution in [2.45, 2.75) is 6.61 Å². The molecular weight excluding hydrogens is 361 g/mol. The van der Waals surface area contributed by atoms with E-state index in [1.807, 2.05) is 0 Å². The van der Waals surface area contributed by atoms with E-state index in [-0.39, 0.29) is 18.4 Å². The van der Waals surface area contributed by atoms with E-state index in [0.717, 1.165) is 5.56 Å². The van der Waals surface area contributed by atoms with Crippen molar-refractivity contribution in [3.63, 3.8) is 0 Å². The van der Waals surface area contributed by atoms with Crippen molar-refractivity contribution in [2.24, 2.45) is 0 Å². The Hall–Kier alpha value is -2.70. The average molecular weight is 376 g/mol. The van der Waals surface area contributed by atoms with Gasteiger partial charge in [0.25, 0.3) is 0 Å². The maximum absolute atomic E-state index is 6.11.